The summed E-state index contributed by atoms with van der Waals surface area (Å²) in [5.74, 6) is 0.773. The lowest BCUT2D eigenvalue weighted by molar-refractivity contribution is -0.137. The molecule has 1 saturated carbocycles. The molecule has 184 valence electrons. The minimum absolute atomic E-state index is 0.0482. The van der Waals surface area contributed by atoms with E-state index in [1.807, 2.05) is 0 Å². The highest BCUT2D eigenvalue weighted by atomic mass is 35.5. The van der Waals surface area contributed by atoms with Crippen LogP contribution in [-0.2, 0) is 30.6 Å². The number of hydrogen-bond acceptors (Lipinski definition) is 6. The van der Waals surface area contributed by atoms with E-state index in [0.29, 0.717) is 30.5 Å². The van der Waals surface area contributed by atoms with Gasteiger partial charge in [0.15, 0.2) is 0 Å². The number of nitrogens with zero attached hydrogens (tertiary/aromatic N) is 4. The number of nitrogen functional groups attached to an aromatic ring is 1. The van der Waals surface area contributed by atoms with E-state index in [1.165, 1.54) is 6.07 Å². The van der Waals surface area contributed by atoms with Gasteiger partial charge in [-0.25, -0.2) is 9.97 Å². The third kappa shape index (κ3) is 5.38. The minimum atomic E-state index is -4.47. The molecule has 2 aromatic rings. The predicted octanol–water partition coefficient (Wildman–Crippen LogP) is 4.31. The maximum atomic E-state index is 13.1. The van der Waals surface area contributed by atoms with Gasteiger partial charge in [-0.1, -0.05) is 0 Å². The lowest BCUT2D eigenvalue weighted by Gasteiger charge is -2.34. The Bertz CT molecular complexity index is 1070. The Balaban J connectivity index is 1.44. The second-order valence-corrected chi connectivity index (χ2v) is 9.56. The molecule has 1 aliphatic carbocycles. The Labute approximate surface area is 201 Å². The third-order valence-corrected chi connectivity index (χ3v) is 6.75. The highest BCUT2D eigenvalue weighted by Crippen LogP contribution is 2.36. The van der Waals surface area contributed by atoms with Gasteiger partial charge in [0.25, 0.3) is 0 Å². The van der Waals surface area contributed by atoms with Gasteiger partial charge >= 0.3 is 6.18 Å². The third-order valence-electron chi connectivity index (χ3n) is 6.59. The number of fused-ring (bicyclic) bond motifs is 1. The number of nitrogens with one attached hydrogen (secondary N) is 1. The molecule has 0 bridgehead atoms. The lowest BCUT2D eigenvalue weighted by atomic mass is 9.84. The number of carbonyl (C=O) groups is 1. The molecule has 1 aromatic heterocycles. The molecule has 0 saturated heterocycles. The number of aromatic nitrogens is 2. The fourth-order valence-corrected chi connectivity index (χ4v) is 5.06. The van der Waals surface area contributed by atoms with Crippen molar-refractivity contribution in [3.63, 3.8) is 0 Å². The number of alkyl halides is 3. The molecular formula is C23H28ClF3N6O. The zero-order chi connectivity index (χ0) is 24.6. The van der Waals surface area contributed by atoms with Crippen molar-refractivity contribution in [2.45, 2.75) is 57.5 Å². The van der Waals surface area contributed by atoms with Crippen LogP contribution < -0.4 is 11.1 Å². The lowest BCUT2D eigenvalue weighted by Crippen LogP contribution is -2.38. The molecule has 34 heavy (non-hydrogen) atoms. The minimum Gasteiger partial charge on any atom is -0.399 e. The van der Waals surface area contributed by atoms with Crippen LogP contribution in [-0.4, -0.2) is 45.8 Å². The summed E-state index contributed by atoms with van der Waals surface area (Å²) >= 11 is 6.15. The molecule has 1 fully saturated rings. The summed E-state index contributed by atoms with van der Waals surface area (Å²) in [4.78, 5) is 24.9. The Morgan fingerprint density at radius 2 is 1.88 bits per heavy atom. The van der Waals surface area contributed by atoms with Crippen LogP contribution in [0.3, 0.4) is 0 Å². The zero-order valence-corrected chi connectivity index (χ0v) is 19.9. The van der Waals surface area contributed by atoms with Gasteiger partial charge in [0.1, 0.15) is 5.82 Å². The first-order chi connectivity index (χ1) is 16.0. The van der Waals surface area contributed by atoms with Crippen LogP contribution in [0.2, 0.25) is 5.28 Å². The fourth-order valence-electron chi connectivity index (χ4n) is 4.88. The largest absolute Gasteiger partial charge is 0.416 e. The Morgan fingerprint density at radius 3 is 2.53 bits per heavy atom. The van der Waals surface area contributed by atoms with E-state index in [2.05, 4.69) is 20.2 Å². The van der Waals surface area contributed by atoms with Crippen LogP contribution in [0.1, 0.15) is 48.1 Å². The number of rotatable bonds is 5. The van der Waals surface area contributed by atoms with E-state index in [-0.39, 0.29) is 29.3 Å². The smallest absolute Gasteiger partial charge is 0.399 e. The van der Waals surface area contributed by atoms with Crippen molar-refractivity contribution in [3.05, 3.63) is 45.9 Å². The molecule has 11 heteroatoms. The molecule has 7 nitrogen and oxygen atoms in total. The molecule has 0 unspecified atom stereocenters. The monoisotopic (exact) mass is 496 g/mol. The van der Waals surface area contributed by atoms with Gasteiger partial charge in [-0.15, -0.1) is 0 Å². The van der Waals surface area contributed by atoms with Gasteiger partial charge in [-0.2, -0.15) is 13.2 Å². The number of benzene rings is 1. The second-order valence-electron chi connectivity index (χ2n) is 9.22. The fraction of sp³-hybridized carbons (Fsp3) is 0.522. The van der Waals surface area contributed by atoms with E-state index < -0.39 is 11.7 Å². The summed E-state index contributed by atoms with van der Waals surface area (Å²) in [7, 11) is 3.58. The topological polar surface area (TPSA) is 87.4 Å². The molecule has 1 aromatic carbocycles. The van der Waals surface area contributed by atoms with E-state index >= 15 is 0 Å². The molecule has 3 N–H and O–H groups in total. The molecule has 2 heterocycles. The van der Waals surface area contributed by atoms with Crippen LogP contribution >= 0.6 is 11.6 Å². The summed E-state index contributed by atoms with van der Waals surface area (Å²) in [6, 6.07) is 3.83. The number of hydrogen-bond donors (Lipinski definition) is 2. The van der Waals surface area contributed by atoms with Crippen LogP contribution in [0.5, 0.6) is 0 Å². The molecular weight excluding hydrogens is 469 g/mol. The van der Waals surface area contributed by atoms with E-state index in [9.17, 15) is 18.0 Å². The molecule has 2 aliphatic rings. The van der Waals surface area contributed by atoms with Crippen LogP contribution in [0.4, 0.5) is 24.7 Å². The number of carbonyl (C=O) groups excluding carboxylic acids is 1. The first kappa shape index (κ1) is 24.5. The van der Waals surface area contributed by atoms with Crippen LogP contribution in [0.15, 0.2) is 18.2 Å². The zero-order valence-electron chi connectivity index (χ0n) is 19.1. The second kappa shape index (κ2) is 9.58. The van der Waals surface area contributed by atoms with Gasteiger partial charge in [0.2, 0.25) is 11.2 Å². The molecule has 0 radical (unpaired) electrons. The van der Waals surface area contributed by atoms with Crippen LogP contribution in [0, 0.1) is 5.92 Å². The van der Waals surface area contributed by atoms with Crippen molar-refractivity contribution in [3.8, 4) is 0 Å². The SMILES string of the molecule is CN(C)C(=O)C1CCC(N2Cc3nc(Cl)nc(NCc4cc(N)cc(C(F)(F)F)c4)c3C2)CC1. The summed E-state index contributed by atoms with van der Waals surface area (Å²) in [5, 5.41) is 3.22. The van der Waals surface area contributed by atoms with Crippen molar-refractivity contribution in [2.75, 3.05) is 25.1 Å². The normalized spacial score (nSPS) is 20.8. The maximum absolute atomic E-state index is 13.1. The molecule has 1 aliphatic heterocycles. The number of anilines is 2. The van der Waals surface area contributed by atoms with Crippen molar-refractivity contribution >= 4 is 29.0 Å². The average Bonchev–Trinajstić information content (AvgIpc) is 3.20. The summed E-state index contributed by atoms with van der Waals surface area (Å²) in [6.07, 6.45) is -0.927. The maximum Gasteiger partial charge on any atom is 0.416 e. The van der Waals surface area contributed by atoms with Gasteiger partial charge < -0.3 is 16.0 Å². The number of halogens is 4. The Kier molecular flexibility index (Phi) is 6.91. The highest BCUT2D eigenvalue weighted by Gasteiger charge is 2.35. The Hall–Kier alpha value is -2.59. The summed E-state index contributed by atoms with van der Waals surface area (Å²) < 4.78 is 39.4. The predicted molar refractivity (Wildman–Crippen MR) is 124 cm³/mol. The summed E-state index contributed by atoms with van der Waals surface area (Å²) in [6.45, 7) is 1.36. The van der Waals surface area contributed by atoms with Gasteiger partial charge in [0, 0.05) is 56.9 Å². The van der Waals surface area contributed by atoms with E-state index in [4.69, 9.17) is 17.3 Å². The van der Waals surface area contributed by atoms with Crippen molar-refractivity contribution in [2.24, 2.45) is 5.92 Å². The number of nitrogens with two attached hydrogens (primary N) is 1. The van der Waals surface area contributed by atoms with Crippen LogP contribution in [0.25, 0.3) is 0 Å². The van der Waals surface area contributed by atoms with Gasteiger partial charge in [0.05, 0.1) is 11.3 Å². The highest BCUT2D eigenvalue weighted by molar-refractivity contribution is 6.28. The van der Waals surface area contributed by atoms with Crippen molar-refractivity contribution < 1.29 is 18.0 Å². The average molecular weight is 497 g/mol. The standard InChI is InChI=1S/C23H28ClF3N6O/c1-32(2)21(34)14-3-5-17(6-4-14)33-11-18-19(12-33)30-22(24)31-20(18)29-10-13-7-15(23(25,26)27)9-16(28)8-13/h7-9,14,17H,3-6,10-12,28H2,1-2H3,(H,29,30,31). The first-order valence-electron chi connectivity index (χ1n) is 11.2. The van der Waals surface area contributed by atoms with Gasteiger partial charge in [-0.05, 0) is 61.0 Å². The van der Waals surface area contributed by atoms with E-state index in [0.717, 1.165) is 49.1 Å². The van der Waals surface area contributed by atoms with Gasteiger partial charge in [-0.3, -0.25) is 9.69 Å². The number of amides is 1. The Morgan fingerprint density at radius 1 is 1.18 bits per heavy atom. The van der Waals surface area contributed by atoms with Crippen molar-refractivity contribution in [1.29, 1.82) is 0 Å². The molecule has 0 atom stereocenters. The van der Waals surface area contributed by atoms with Crippen molar-refractivity contribution in [1.82, 2.24) is 19.8 Å². The molecule has 0 spiro atoms. The molecule has 1 amide bonds. The first-order valence-corrected chi connectivity index (χ1v) is 11.6. The van der Waals surface area contributed by atoms with E-state index in [1.54, 1.807) is 19.0 Å². The molecule has 4 rings (SSSR count). The summed E-state index contributed by atoms with van der Waals surface area (Å²) in [5.41, 5.74) is 7.05. The quantitative estimate of drug-likeness (QED) is 0.474.